The Hall–Kier alpha value is -0.680. The van der Waals surface area contributed by atoms with Crippen LogP contribution < -0.4 is 10.2 Å². The Morgan fingerprint density at radius 1 is 1.41 bits per heavy atom. The number of hydrogen-bond acceptors (Lipinski definition) is 5. The summed E-state index contributed by atoms with van der Waals surface area (Å²) in [6, 6.07) is 0. The summed E-state index contributed by atoms with van der Waals surface area (Å²) in [7, 11) is 2.06. The third kappa shape index (κ3) is 2.96. The van der Waals surface area contributed by atoms with Crippen LogP contribution in [0.5, 0.6) is 0 Å². The Kier molecular flexibility index (Phi) is 3.99. The molecule has 0 bridgehead atoms. The fourth-order valence-electron chi connectivity index (χ4n) is 2.14. The summed E-state index contributed by atoms with van der Waals surface area (Å²) in [5.74, 6) is 1.01. The van der Waals surface area contributed by atoms with Crippen LogP contribution in [-0.2, 0) is 6.42 Å². The Labute approximate surface area is 108 Å². The first kappa shape index (κ1) is 12.8. The molecule has 1 aromatic rings. The maximum absolute atomic E-state index is 4.61. The van der Waals surface area contributed by atoms with Gasteiger partial charge in [-0.3, -0.25) is 0 Å². The molecule has 0 spiro atoms. The van der Waals surface area contributed by atoms with E-state index in [2.05, 4.69) is 40.5 Å². The molecule has 96 valence electrons. The largest absolute Gasteiger partial charge is 0.347 e. The molecule has 1 aliphatic heterocycles. The first-order valence-electron chi connectivity index (χ1n) is 6.43. The second kappa shape index (κ2) is 5.31. The van der Waals surface area contributed by atoms with Crippen molar-refractivity contribution in [1.82, 2.24) is 14.7 Å². The number of anilines is 1. The Balaban J connectivity index is 1.95. The lowest BCUT2D eigenvalue weighted by Gasteiger charge is -2.39. The number of aromatic nitrogens is 2. The van der Waals surface area contributed by atoms with E-state index < -0.39 is 0 Å². The van der Waals surface area contributed by atoms with Crippen molar-refractivity contribution in [1.29, 1.82) is 0 Å². The standard InChI is InChI=1S/C12H22N4S/c1-4-5-10-14-11(17-15-10)16-8-6-12(2,13-3)7-9-16/h13H,4-9H2,1-3H3. The maximum Gasteiger partial charge on any atom is 0.205 e. The highest BCUT2D eigenvalue weighted by atomic mass is 32.1. The van der Waals surface area contributed by atoms with E-state index in [1.165, 1.54) is 12.8 Å². The van der Waals surface area contributed by atoms with Crippen LogP contribution in [0.3, 0.4) is 0 Å². The summed E-state index contributed by atoms with van der Waals surface area (Å²) >= 11 is 1.55. The molecule has 17 heavy (non-hydrogen) atoms. The molecule has 0 radical (unpaired) electrons. The molecular weight excluding hydrogens is 232 g/mol. The SMILES string of the molecule is CCCc1nsc(N2CCC(C)(NC)CC2)n1. The van der Waals surface area contributed by atoms with Gasteiger partial charge in [-0.05, 0) is 33.2 Å². The van der Waals surface area contributed by atoms with Gasteiger partial charge in [0.1, 0.15) is 5.82 Å². The van der Waals surface area contributed by atoms with Crippen molar-refractivity contribution in [2.24, 2.45) is 0 Å². The smallest absolute Gasteiger partial charge is 0.205 e. The molecule has 1 N–H and O–H groups in total. The van der Waals surface area contributed by atoms with Crippen LogP contribution in [-0.4, -0.2) is 35.0 Å². The van der Waals surface area contributed by atoms with Crippen molar-refractivity contribution in [2.45, 2.75) is 45.1 Å². The van der Waals surface area contributed by atoms with E-state index in [1.54, 1.807) is 11.5 Å². The van der Waals surface area contributed by atoms with Crippen LogP contribution in [0, 0.1) is 0 Å². The molecular formula is C12H22N4S. The molecule has 2 rings (SSSR count). The van der Waals surface area contributed by atoms with Crippen LogP contribution in [0.4, 0.5) is 5.13 Å². The van der Waals surface area contributed by atoms with Crippen LogP contribution >= 0.6 is 11.5 Å². The highest BCUT2D eigenvalue weighted by Crippen LogP contribution is 2.26. The average molecular weight is 254 g/mol. The summed E-state index contributed by atoms with van der Waals surface area (Å²) < 4.78 is 4.41. The fraction of sp³-hybridized carbons (Fsp3) is 0.833. The van der Waals surface area contributed by atoms with Gasteiger partial charge in [0.25, 0.3) is 0 Å². The van der Waals surface area contributed by atoms with Crippen LogP contribution in [0.25, 0.3) is 0 Å². The average Bonchev–Trinajstić information content (AvgIpc) is 2.79. The highest BCUT2D eigenvalue weighted by Gasteiger charge is 2.29. The monoisotopic (exact) mass is 254 g/mol. The van der Waals surface area contributed by atoms with E-state index in [-0.39, 0.29) is 0 Å². The van der Waals surface area contributed by atoms with Gasteiger partial charge in [0.05, 0.1) is 0 Å². The lowest BCUT2D eigenvalue weighted by atomic mass is 9.90. The molecule has 2 heterocycles. The Morgan fingerprint density at radius 2 is 2.12 bits per heavy atom. The van der Waals surface area contributed by atoms with E-state index >= 15 is 0 Å². The minimum atomic E-state index is 0.299. The predicted molar refractivity (Wildman–Crippen MR) is 72.8 cm³/mol. The molecule has 0 atom stereocenters. The van der Waals surface area contributed by atoms with Gasteiger partial charge in [-0.15, -0.1) is 0 Å². The van der Waals surface area contributed by atoms with Crippen LogP contribution in [0.15, 0.2) is 0 Å². The van der Waals surface area contributed by atoms with E-state index in [4.69, 9.17) is 0 Å². The number of rotatable bonds is 4. The third-order valence-electron chi connectivity index (χ3n) is 3.67. The first-order valence-corrected chi connectivity index (χ1v) is 7.20. The fourth-order valence-corrected chi connectivity index (χ4v) is 2.90. The molecule has 5 heteroatoms. The molecule has 0 saturated carbocycles. The number of nitrogens with one attached hydrogen (secondary N) is 1. The molecule has 1 aliphatic rings. The van der Waals surface area contributed by atoms with Crippen LogP contribution in [0.1, 0.15) is 38.9 Å². The summed E-state index contributed by atoms with van der Waals surface area (Å²) in [5, 5.41) is 4.52. The zero-order chi connectivity index (χ0) is 12.3. The second-order valence-corrected chi connectivity index (χ2v) is 5.77. The summed E-state index contributed by atoms with van der Waals surface area (Å²) in [5.41, 5.74) is 0.299. The van der Waals surface area contributed by atoms with Gasteiger partial charge >= 0.3 is 0 Å². The van der Waals surface area contributed by atoms with E-state index in [0.717, 1.165) is 36.9 Å². The number of hydrogen-bond donors (Lipinski definition) is 1. The number of nitrogens with zero attached hydrogens (tertiary/aromatic N) is 3. The zero-order valence-corrected chi connectivity index (χ0v) is 11.8. The van der Waals surface area contributed by atoms with Crippen molar-refractivity contribution < 1.29 is 0 Å². The molecule has 0 amide bonds. The highest BCUT2D eigenvalue weighted by molar-refractivity contribution is 7.09. The zero-order valence-electron chi connectivity index (χ0n) is 11.0. The van der Waals surface area contributed by atoms with E-state index in [1.807, 2.05) is 0 Å². The molecule has 1 aromatic heterocycles. The van der Waals surface area contributed by atoms with Gasteiger partial charge in [0.2, 0.25) is 5.13 Å². The molecule has 0 unspecified atom stereocenters. The van der Waals surface area contributed by atoms with Crippen molar-refractivity contribution in [3.05, 3.63) is 5.82 Å². The van der Waals surface area contributed by atoms with Crippen molar-refractivity contribution in [3.63, 3.8) is 0 Å². The molecule has 1 fully saturated rings. The van der Waals surface area contributed by atoms with E-state index in [0.29, 0.717) is 5.54 Å². The predicted octanol–water partition coefficient (Wildman–Crippen LogP) is 2.07. The van der Waals surface area contributed by atoms with Crippen molar-refractivity contribution >= 4 is 16.7 Å². The second-order valence-electron chi connectivity index (χ2n) is 5.04. The number of piperidine rings is 1. The molecule has 4 nitrogen and oxygen atoms in total. The normalized spacial score (nSPS) is 19.6. The molecule has 0 aromatic carbocycles. The minimum Gasteiger partial charge on any atom is -0.347 e. The van der Waals surface area contributed by atoms with Crippen molar-refractivity contribution in [3.8, 4) is 0 Å². The van der Waals surface area contributed by atoms with Crippen LogP contribution in [0.2, 0.25) is 0 Å². The first-order chi connectivity index (χ1) is 8.17. The summed E-state index contributed by atoms with van der Waals surface area (Å²) in [4.78, 5) is 6.98. The summed E-state index contributed by atoms with van der Waals surface area (Å²) in [6.45, 7) is 6.63. The quantitative estimate of drug-likeness (QED) is 0.893. The molecule has 1 saturated heterocycles. The van der Waals surface area contributed by atoms with Gasteiger partial charge in [-0.2, -0.15) is 4.37 Å². The van der Waals surface area contributed by atoms with Gasteiger partial charge < -0.3 is 10.2 Å². The van der Waals surface area contributed by atoms with Gasteiger partial charge in [0.15, 0.2) is 0 Å². The number of aryl methyl sites for hydroxylation is 1. The lowest BCUT2D eigenvalue weighted by Crippen LogP contribution is -2.50. The van der Waals surface area contributed by atoms with Gasteiger partial charge in [0, 0.05) is 36.6 Å². The third-order valence-corrected chi connectivity index (χ3v) is 4.49. The van der Waals surface area contributed by atoms with E-state index in [9.17, 15) is 0 Å². The lowest BCUT2D eigenvalue weighted by molar-refractivity contribution is 0.305. The van der Waals surface area contributed by atoms with Gasteiger partial charge in [-0.25, -0.2) is 4.98 Å². The summed E-state index contributed by atoms with van der Waals surface area (Å²) in [6.07, 6.45) is 4.46. The molecule has 0 aliphatic carbocycles. The topological polar surface area (TPSA) is 41.1 Å². The van der Waals surface area contributed by atoms with Gasteiger partial charge in [-0.1, -0.05) is 6.92 Å². The minimum absolute atomic E-state index is 0.299. The Bertz CT molecular complexity index is 355. The van der Waals surface area contributed by atoms with Crippen molar-refractivity contribution in [2.75, 3.05) is 25.0 Å². The Morgan fingerprint density at radius 3 is 2.71 bits per heavy atom. The maximum atomic E-state index is 4.61.